The maximum atomic E-state index is 9.55. The van der Waals surface area contributed by atoms with Gasteiger partial charge in [-0.2, -0.15) is 0 Å². The van der Waals surface area contributed by atoms with Crippen molar-refractivity contribution in [1.82, 2.24) is 10.5 Å². The molecule has 1 aliphatic heterocycles. The number of benzene rings is 1. The van der Waals surface area contributed by atoms with Gasteiger partial charge >= 0.3 is 0 Å². The number of aliphatic hydroxyl groups is 1. The first-order valence-corrected chi connectivity index (χ1v) is 6.49. The van der Waals surface area contributed by atoms with Gasteiger partial charge < -0.3 is 5.11 Å². The first kappa shape index (κ1) is 13.6. The van der Waals surface area contributed by atoms with Crippen LogP contribution in [-0.2, 0) is 0 Å². The van der Waals surface area contributed by atoms with Gasteiger partial charge in [-0.05, 0) is 26.0 Å². The number of aliphatic hydroxyl groups excluding tert-OH is 1. The van der Waals surface area contributed by atoms with E-state index >= 15 is 0 Å². The van der Waals surface area contributed by atoms with E-state index in [1.54, 1.807) is 18.2 Å². The number of hydrogen-bond donors (Lipinski definition) is 3. The smallest absolute Gasteiger partial charge is 0.183 e. The SMILES string of the molecule is CC(C)N1N[NH2+]C(c2c(Cl)cccc2Cl)=C1CO. The van der Waals surface area contributed by atoms with Crippen molar-refractivity contribution in [3.8, 4) is 0 Å². The molecule has 6 heteroatoms. The zero-order chi connectivity index (χ0) is 13.3. The second-order valence-corrected chi connectivity index (χ2v) is 5.17. The van der Waals surface area contributed by atoms with Gasteiger partial charge in [-0.25, -0.2) is 5.43 Å². The van der Waals surface area contributed by atoms with E-state index in [2.05, 4.69) is 5.53 Å². The highest BCUT2D eigenvalue weighted by atomic mass is 35.5. The van der Waals surface area contributed by atoms with Crippen molar-refractivity contribution in [1.29, 1.82) is 0 Å². The van der Waals surface area contributed by atoms with Crippen molar-refractivity contribution in [2.24, 2.45) is 0 Å². The summed E-state index contributed by atoms with van der Waals surface area (Å²) in [6.45, 7) is 4.00. The number of nitrogens with two attached hydrogens (primary N) is 1. The van der Waals surface area contributed by atoms with Crippen molar-refractivity contribution in [2.45, 2.75) is 19.9 Å². The zero-order valence-corrected chi connectivity index (χ0v) is 11.8. The summed E-state index contributed by atoms with van der Waals surface area (Å²) in [5, 5.41) is 12.6. The molecule has 0 atom stereocenters. The van der Waals surface area contributed by atoms with E-state index in [1.807, 2.05) is 24.3 Å². The van der Waals surface area contributed by atoms with E-state index in [4.69, 9.17) is 23.2 Å². The van der Waals surface area contributed by atoms with E-state index in [-0.39, 0.29) is 12.6 Å². The lowest BCUT2D eigenvalue weighted by Crippen LogP contribution is -2.90. The minimum absolute atomic E-state index is 0.0709. The van der Waals surface area contributed by atoms with Crippen LogP contribution in [0, 0.1) is 0 Å². The van der Waals surface area contributed by atoms with Crippen LogP contribution in [-0.4, -0.2) is 22.8 Å². The largest absolute Gasteiger partial charge is 0.390 e. The number of nitrogens with one attached hydrogen (secondary N) is 1. The van der Waals surface area contributed by atoms with Gasteiger partial charge in [0.05, 0.1) is 22.2 Å². The van der Waals surface area contributed by atoms with Crippen LogP contribution in [0.1, 0.15) is 19.4 Å². The van der Waals surface area contributed by atoms with Gasteiger partial charge in [0.1, 0.15) is 5.70 Å². The normalized spacial score (nSPS) is 16.0. The van der Waals surface area contributed by atoms with E-state index in [0.717, 1.165) is 17.0 Å². The Morgan fingerprint density at radius 1 is 1.33 bits per heavy atom. The average molecular weight is 289 g/mol. The molecule has 0 saturated heterocycles. The number of quaternary nitrogens is 1. The van der Waals surface area contributed by atoms with Gasteiger partial charge in [0.2, 0.25) is 0 Å². The molecule has 0 aliphatic carbocycles. The number of hydrazine groups is 1. The molecular weight excluding hydrogens is 273 g/mol. The first-order chi connectivity index (χ1) is 8.56. The van der Waals surface area contributed by atoms with Crippen LogP contribution in [0.2, 0.25) is 10.0 Å². The quantitative estimate of drug-likeness (QED) is 0.737. The predicted molar refractivity (Wildman–Crippen MR) is 72.5 cm³/mol. The van der Waals surface area contributed by atoms with Gasteiger partial charge in [0, 0.05) is 6.04 Å². The molecule has 4 N–H and O–H groups in total. The third kappa shape index (κ3) is 2.35. The Bertz CT molecular complexity index is 468. The van der Waals surface area contributed by atoms with Crippen LogP contribution in [0.25, 0.3) is 5.70 Å². The molecule has 0 saturated carbocycles. The molecule has 1 heterocycles. The summed E-state index contributed by atoms with van der Waals surface area (Å²) >= 11 is 12.4. The molecule has 1 aromatic rings. The molecule has 0 amide bonds. The number of nitrogens with zero attached hydrogens (tertiary/aromatic N) is 1. The van der Waals surface area contributed by atoms with Crippen LogP contribution in [0.15, 0.2) is 23.9 Å². The van der Waals surface area contributed by atoms with Crippen molar-refractivity contribution in [3.63, 3.8) is 0 Å². The lowest BCUT2D eigenvalue weighted by Gasteiger charge is -2.21. The topological polar surface area (TPSA) is 52.1 Å². The van der Waals surface area contributed by atoms with Gasteiger partial charge in [0.15, 0.2) is 5.70 Å². The summed E-state index contributed by atoms with van der Waals surface area (Å²) < 4.78 is 0. The van der Waals surface area contributed by atoms with Crippen molar-refractivity contribution >= 4 is 28.9 Å². The molecule has 0 bridgehead atoms. The van der Waals surface area contributed by atoms with Crippen LogP contribution < -0.4 is 11.0 Å². The highest BCUT2D eigenvalue weighted by molar-refractivity contribution is 6.37. The molecule has 18 heavy (non-hydrogen) atoms. The molecule has 4 nitrogen and oxygen atoms in total. The summed E-state index contributed by atoms with van der Waals surface area (Å²) in [6.07, 6.45) is 0. The summed E-state index contributed by atoms with van der Waals surface area (Å²) in [4.78, 5) is 0. The Labute approximate surface area is 116 Å². The third-order valence-electron chi connectivity index (χ3n) is 2.85. The molecule has 0 radical (unpaired) electrons. The van der Waals surface area contributed by atoms with Crippen LogP contribution >= 0.6 is 23.2 Å². The molecule has 2 rings (SSSR count). The molecule has 1 aliphatic rings. The van der Waals surface area contributed by atoms with E-state index < -0.39 is 0 Å². The third-order valence-corrected chi connectivity index (χ3v) is 3.48. The maximum absolute atomic E-state index is 9.55. The molecule has 98 valence electrons. The van der Waals surface area contributed by atoms with Gasteiger partial charge in [0.25, 0.3) is 0 Å². The second-order valence-electron chi connectivity index (χ2n) is 4.35. The fraction of sp³-hybridized carbons (Fsp3) is 0.333. The number of hydrogen-bond acceptors (Lipinski definition) is 3. The summed E-state index contributed by atoms with van der Waals surface area (Å²) in [5.74, 6) is 0. The fourth-order valence-electron chi connectivity index (χ4n) is 2.02. The van der Waals surface area contributed by atoms with Gasteiger partial charge in [-0.1, -0.05) is 34.8 Å². The lowest BCUT2D eigenvalue weighted by atomic mass is 10.1. The minimum atomic E-state index is -0.0709. The highest BCUT2D eigenvalue weighted by Crippen LogP contribution is 2.31. The Kier molecular flexibility index (Phi) is 4.14. The molecule has 0 fully saturated rings. The summed E-state index contributed by atoms with van der Waals surface area (Å²) in [7, 11) is 0. The van der Waals surface area contributed by atoms with Crippen molar-refractivity contribution in [2.75, 3.05) is 6.61 Å². The predicted octanol–water partition coefficient (Wildman–Crippen LogP) is 1.36. The molecule has 0 unspecified atom stereocenters. The summed E-state index contributed by atoms with van der Waals surface area (Å²) in [5.41, 5.74) is 7.30. The van der Waals surface area contributed by atoms with E-state index in [0.29, 0.717) is 10.0 Å². The molecular formula is C12H16Cl2N3O+. The Balaban J connectivity index is 2.52. The second kappa shape index (κ2) is 5.47. The van der Waals surface area contributed by atoms with Crippen LogP contribution in [0.5, 0.6) is 0 Å². The monoisotopic (exact) mass is 288 g/mol. The van der Waals surface area contributed by atoms with Crippen molar-refractivity contribution in [3.05, 3.63) is 39.5 Å². The maximum Gasteiger partial charge on any atom is 0.183 e. The van der Waals surface area contributed by atoms with Gasteiger partial charge in [-0.3, -0.25) is 5.01 Å². The Morgan fingerprint density at radius 2 is 1.94 bits per heavy atom. The van der Waals surface area contributed by atoms with E-state index in [1.165, 1.54) is 0 Å². The van der Waals surface area contributed by atoms with E-state index in [9.17, 15) is 5.11 Å². The first-order valence-electron chi connectivity index (χ1n) is 5.73. The molecule has 0 aromatic heterocycles. The zero-order valence-electron chi connectivity index (χ0n) is 10.2. The fourth-order valence-corrected chi connectivity index (χ4v) is 2.62. The van der Waals surface area contributed by atoms with Crippen LogP contribution in [0.4, 0.5) is 0 Å². The Hall–Kier alpha value is -0.780. The lowest BCUT2D eigenvalue weighted by molar-refractivity contribution is -0.641. The van der Waals surface area contributed by atoms with Crippen LogP contribution in [0.3, 0.4) is 0 Å². The number of rotatable bonds is 3. The standard InChI is InChI=1S/C12H15Cl2N3O/c1-7(2)17-10(6-18)12(15-16-17)11-8(13)4-3-5-9(11)14/h3-5,7,15-16,18H,6H2,1-2H3/p+1. The summed E-state index contributed by atoms with van der Waals surface area (Å²) in [6, 6.07) is 5.60. The van der Waals surface area contributed by atoms with Crippen molar-refractivity contribution < 1.29 is 10.5 Å². The molecule has 0 spiro atoms. The molecule has 1 aromatic carbocycles. The van der Waals surface area contributed by atoms with Gasteiger partial charge in [-0.15, -0.1) is 0 Å². The highest BCUT2D eigenvalue weighted by Gasteiger charge is 2.31. The minimum Gasteiger partial charge on any atom is -0.390 e. The Morgan fingerprint density at radius 3 is 2.44 bits per heavy atom. The average Bonchev–Trinajstić information content (AvgIpc) is 2.72. The number of halogens is 2.